The summed E-state index contributed by atoms with van der Waals surface area (Å²) < 4.78 is 7.68. The number of hydrogen-bond donors (Lipinski definition) is 0. The molecule has 3 nitrogen and oxygen atoms in total. The Bertz CT molecular complexity index is 1250. The maximum Gasteiger partial charge on any atom is 0.148 e. The van der Waals surface area contributed by atoms with E-state index in [4.69, 9.17) is 21.3 Å². The zero-order valence-electron chi connectivity index (χ0n) is 19.3. The van der Waals surface area contributed by atoms with Gasteiger partial charge < -0.3 is 4.74 Å². The molecule has 2 aromatic carbocycles. The standard InChI is InChI=1S/C27H25Br2ClN2OS/c1-27(2,3)18-6-9-20-21(13-31)26(34-24(20)12-18)32-14-17-10-22(28)25(23(29)11-17)33-15-16-4-7-19(30)8-5-16/h4-5,7-8,10-11,14,18H,6,9,12,15H2,1-3H3/t18-/m0/s1. The lowest BCUT2D eigenvalue weighted by molar-refractivity contribution is 0.218. The zero-order chi connectivity index (χ0) is 24.5. The summed E-state index contributed by atoms with van der Waals surface area (Å²) in [5, 5.41) is 11.3. The van der Waals surface area contributed by atoms with Crippen molar-refractivity contribution >= 4 is 66.0 Å². The normalized spacial score (nSPS) is 15.9. The van der Waals surface area contributed by atoms with E-state index < -0.39 is 0 Å². The van der Waals surface area contributed by atoms with Gasteiger partial charge in [0, 0.05) is 16.1 Å². The zero-order valence-corrected chi connectivity index (χ0v) is 24.0. The van der Waals surface area contributed by atoms with Gasteiger partial charge in [0.2, 0.25) is 0 Å². The molecule has 1 atom stereocenters. The number of rotatable bonds is 5. The second-order valence-electron chi connectivity index (χ2n) is 9.59. The summed E-state index contributed by atoms with van der Waals surface area (Å²) >= 11 is 14.9. The Labute approximate surface area is 227 Å². The molecule has 0 saturated carbocycles. The number of nitriles is 1. The molecular formula is C27H25Br2ClN2OS. The highest BCUT2D eigenvalue weighted by molar-refractivity contribution is 9.11. The molecule has 4 rings (SSSR count). The number of hydrogen-bond acceptors (Lipinski definition) is 4. The molecule has 0 unspecified atom stereocenters. The van der Waals surface area contributed by atoms with Gasteiger partial charge in [0.25, 0.3) is 0 Å². The van der Waals surface area contributed by atoms with Crippen LogP contribution in [0.2, 0.25) is 5.02 Å². The van der Waals surface area contributed by atoms with Crippen molar-refractivity contribution in [1.29, 1.82) is 5.26 Å². The fraction of sp³-hybridized carbons (Fsp3) is 0.333. The number of thiophene rings is 1. The average molecular weight is 621 g/mol. The molecule has 0 amide bonds. The third kappa shape index (κ3) is 5.76. The molecule has 34 heavy (non-hydrogen) atoms. The van der Waals surface area contributed by atoms with E-state index in [-0.39, 0.29) is 5.41 Å². The SMILES string of the molecule is CC(C)(C)[C@H]1CCc2c(sc(N=Cc3cc(Br)c(OCc4ccc(Cl)cc4)c(Br)c3)c2C#N)C1. The van der Waals surface area contributed by atoms with Gasteiger partial charge in [0.15, 0.2) is 0 Å². The molecule has 1 aromatic heterocycles. The van der Waals surface area contributed by atoms with Crippen molar-refractivity contribution < 1.29 is 4.74 Å². The molecule has 0 spiro atoms. The van der Waals surface area contributed by atoms with Crippen molar-refractivity contribution in [1.82, 2.24) is 0 Å². The predicted octanol–water partition coefficient (Wildman–Crippen LogP) is 9.28. The van der Waals surface area contributed by atoms with Crippen LogP contribution in [0.25, 0.3) is 0 Å². The van der Waals surface area contributed by atoms with E-state index in [9.17, 15) is 5.26 Å². The molecule has 0 N–H and O–H groups in total. The molecule has 0 saturated heterocycles. The van der Waals surface area contributed by atoms with Crippen molar-refractivity contribution in [3.8, 4) is 11.8 Å². The Hall–Kier alpha value is -1.65. The van der Waals surface area contributed by atoms with Gasteiger partial charge in [-0.15, -0.1) is 11.3 Å². The van der Waals surface area contributed by atoms with Crippen molar-refractivity contribution in [3.05, 3.63) is 77.5 Å². The number of benzene rings is 2. The van der Waals surface area contributed by atoms with Gasteiger partial charge in [-0.2, -0.15) is 5.26 Å². The van der Waals surface area contributed by atoms with E-state index in [0.717, 1.165) is 55.6 Å². The fourth-order valence-electron chi connectivity index (χ4n) is 4.18. The van der Waals surface area contributed by atoms with E-state index in [1.54, 1.807) is 11.3 Å². The third-order valence-electron chi connectivity index (χ3n) is 6.23. The van der Waals surface area contributed by atoms with Gasteiger partial charge in [-0.3, -0.25) is 0 Å². The molecule has 1 aliphatic rings. The van der Waals surface area contributed by atoms with E-state index in [2.05, 4.69) is 58.7 Å². The maximum absolute atomic E-state index is 9.82. The minimum atomic E-state index is 0.272. The first-order chi connectivity index (χ1) is 16.2. The van der Waals surface area contributed by atoms with Crippen LogP contribution in [-0.4, -0.2) is 6.21 Å². The first kappa shape index (κ1) is 25.4. The summed E-state index contributed by atoms with van der Waals surface area (Å²) in [4.78, 5) is 6.05. The Kier molecular flexibility index (Phi) is 7.89. The molecule has 0 bridgehead atoms. The average Bonchev–Trinajstić information content (AvgIpc) is 3.14. The molecule has 176 valence electrons. The molecule has 0 fully saturated rings. The Morgan fingerprint density at radius 1 is 1.21 bits per heavy atom. The first-order valence-electron chi connectivity index (χ1n) is 11.1. The number of ether oxygens (including phenoxy) is 1. The molecule has 7 heteroatoms. The van der Waals surface area contributed by atoms with Gasteiger partial charge in [0.05, 0.1) is 14.5 Å². The molecule has 0 radical (unpaired) electrons. The summed E-state index contributed by atoms with van der Waals surface area (Å²) in [5.41, 5.74) is 4.17. The van der Waals surface area contributed by atoms with Crippen molar-refractivity contribution in [2.24, 2.45) is 16.3 Å². The number of halogens is 3. The van der Waals surface area contributed by atoms with Crippen LogP contribution in [0.15, 0.2) is 50.3 Å². The lowest BCUT2D eigenvalue weighted by atomic mass is 9.72. The summed E-state index contributed by atoms with van der Waals surface area (Å²) in [6, 6.07) is 14.0. The maximum atomic E-state index is 9.82. The highest BCUT2D eigenvalue weighted by Crippen LogP contribution is 2.45. The van der Waals surface area contributed by atoms with Gasteiger partial charge in [-0.25, -0.2) is 4.99 Å². The molecule has 1 heterocycles. The molecule has 1 aliphatic carbocycles. The Morgan fingerprint density at radius 2 is 1.88 bits per heavy atom. The van der Waals surface area contributed by atoms with Gasteiger partial charge in [-0.1, -0.05) is 44.5 Å². The molecule has 3 aromatic rings. The first-order valence-corrected chi connectivity index (χ1v) is 13.9. The van der Waals surface area contributed by atoms with Crippen LogP contribution < -0.4 is 4.74 Å². The van der Waals surface area contributed by atoms with Crippen LogP contribution in [0.4, 0.5) is 5.00 Å². The highest BCUT2D eigenvalue weighted by Gasteiger charge is 2.32. The fourth-order valence-corrected chi connectivity index (χ4v) is 6.98. The summed E-state index contributed by atoms with van der Waals surface area (Å²) in [6.07, 6.45) is 4.94. The lowest BCUT2D eigenvalue weighted by Gasteiger charge is -2.33. The summed E-state index contributed by atoms with van der Waals surface area (Å²) in [5.74, 6) is 1.36. The number of nitrogens with zero attached hydrogens (tertiary/aromatic N) is 2. The lowest BCUT2D eigenvalue weighted by Crippen LogP contribution is -2.26. The number of aliphatic imine (C=N–C) groups is 1. The Balaban J connectivity index is 1.52. The molecular weight excluding hydrogens is 596 g/mol. The van der Waals surface area contributed by atoms with Crippen LogP contribution in [-0.2, 0) is 19.4 Å². The molecule has 0 aliphatic heterocycles. The van der Waals surface area contributed by atoms with Crippen LogP contribution in [0.5, 0.6) is 5.75 Å². The number of fused-ring (bicyclic) bond motifs is 1. The second-order valence-corrected chi connectivity index (χ2v) is 12.8. The highest BCUT2D eigenvalue weighted by atomic mass is 79.9. The monoisotopic (exact) mass is 618 g/mol. The largest absolute Gasteiger partial charge is 0.487 e. The predicted molar refractivity (Wildman–Crippen MR) is 149 cm³/mol. The van der Waals surface area contributed by atoms with Gasteiger partial charge in [0.1, 0.15) is 23.4 Å². The summed E-state index contributed by atoms with van der Waals surface area (Å²) in [6.45, 7) is 7.35. The van der Waals surface area contributed by atoms with Crippen LogP contribution in [0.1, 0.15) is 54.3 Å². The van der Waals surface area contributed by atoms with Gasteiger partial charge in [-0.05, 0) is 103 Å². The van der Waals surface area contributed by atoms with E-state index in [1.165, 1.54) is 10.4 Å². The third-order valence-corrected chi connectivity index (χ3v) is 8.82. The van der Waals surface area contributed by atoms with Crippen LogP contribution in [0, 0.1) is 22.7 Å². The minimum Gasteiger partial charge on any atom is -0.487 e. The summed E-state index contributed by atoms with van der Waals surface area (Å²) in [7, 11) is 0. The minimum absolute atomic E-state index is 0.272. The van der Waals surface area contributed by atoms with E-state index >= 15 is 0 Å². The van der Waals surface area contributed by atoms with Crippen LogP contribution in [0.3, 0.4) is 0 Å². The van der Waals surface area contributed by atoms with E-state index in [1.807, 2.05) is 42.6 Å². The second kappa shape index (κ2) is 10.5. The van der Waals surface area contributed by atoms with Crippen LogP contribution >= 0.6 is 54.8 Å². The van der Waals surface area contributed by atoms with Crippen molar-refractivity contribution in [2.45, 2.75) is 46.6 Å². The van der Waals surface area contributed by atoms with Gasteiger partial charge >= 0.3 is 0 Å². The quantitative estimate of drug-likeness (QED) is 0.267. The topological polar surface area (TPSA) is 45.4 Å². The van der Waals surface area contributed by atoms with Crippen molar-refractivity contribution in [3.63, 3.8) is 0 Å². The van der Waals surface area contributed by atoms with Crippen molar-refractivity contribution in [2.75, 3.05) is 0 Å². The van der Waals surface area contributed by atoms with E-state index in [0.29, 0.717) is 17.5 Å². The smallest absolute Gasteiger partial charge is 0.148 e. The Morgan fingerprint density at radius 3 is 2.50 bits per heavy atom.